The van der Waals surface area contributed by atoms with Crippen molar-refractivity contribution in [3.05, 3.63) is 0 Å². The minimum Gasteiger partial charge on any atom is -0.342 e. The molecule has 14 heavy (non-hydrogen) atoms. The van der Waals surface area contributed by atoms with Crippen molar-refractivity contribution in [3.63, 3.8) is 0 Å². The second kappa shape index (κ2) is 6.79. The molecular formula is C10H23N3O. The molecule has 0 fully saturated rings. The fourth-order valence-electron chi connectivity index (χ4n) is 1.29. The summed E-state index contributed by atoms with van der Waals surface area (Å²) in [4.78, 5) is 15.5. The van der Waals surface area contributed by atoms with Crippen LogP contribution in [0.3, 0.4) is 0 Å². The van der Waals surface area contributed by atoms with Crippen LogP contribution in [0.4, 0.5) is 0 Å². The van der Waals surface area contributed by atoms with E-state index in [-0.39, 0.29) is 11.9 Å². The lowest BCUT2D eigenvalue weighted by atomic mass is 10.2. The van der Waals surface area contributed by atoms with E-state index >= 15 is 0 Å². The van der Waals surface area contributed by atoms with Gasteiger partial charge in [-0.25, -0.2) is 0 Å². The molecule has 0 saturated carbocycles. The molecule has 1 unspecified atom stereocenters. The number of amides is 1. The Morgan fingerprint density at radius 3 is 2.29 bits per heavy atom. The van der Waals surface area contributed by atoms with Gasteiger partial charge >= 0.3 is 0 Å². The van der Waals surface area contributed by atoms with Gasteiger partial charge in [-0.05, 0) is 40.9 Å². The van der Waals surface area contributed by atoms with E-state index in [9.17, 15) is 4.79 Å². The first-order valence-corrected chi connectivity index (χ1v) is 5.18. The van der Waals surface area contributed by atoms with Crippen molar-refractivity contribution in [1.82, 2.24) is 9.80 Å². The maximum Gasteiger partial charge on any atom is 0.239 e. The Morgan fingerprint density at radius 2 is 1.93 bits per heavy atom. The summed E-state index contributed by atoms with van der Waals surface area (Å²) in [5, 5.41) is 0. The van der Waals surface area contributed by atoms with Crippen molar-refractivity contribution in [1.29, 1.82) is 0 Å². The van der Waals surface area contributed by atoms with Gasteiger partial charge in [-0.15, -0.1) is 0 Å². The van der Waals surface area contributed by atoms with E-state index in [1.807, 2.05) is 25.9 Å². The molecular weight excluding hydrogens is 178 g/mol. The number of likely N-dealkylation sites (N-methyl/N-ethyl adjacent to an activating group) is 1. The predicted octanol–water partition coefficient (Wildman–Crippen LogP) is 0.134. The highest BCUT2D eigenvalue weighted by molar-refractivity contribution is 5.81. The molecule has 4 heteroatoms. The van der Waals surface area contributed by atoms with Crippen LogP contribution in [-0.4, -0.2) is 55.5 Å². The fraction of sp³-hybridized carbons (Fsp3) is 0.900. The standard InChI is InChI=1S/C10H23N3O/c1-5-13(10(14)9(2)11)8-6-7-12(3)4/h9H,5-8,11H2,1-4H3. The molecule has 0 aromatic rings. The summed E-state index contributed by atoms with van der Waals surface area (Å²) < 4.78 is 0. The molecule has 0 radical (unpaired) electrons. The third kappa shape index (κ3) is 5.19. The number of carbonyl (C=O) groups is 1. The predicted molar refractivity (Wildman–Crippen MR) is 59.1 cm³/mol. The summed E-state index contributed by atoms with van der Waals surface area (Å²) in [6.45, 7) is 6.26. The van der Waals surface area contributed by atoms with Crippen LogP contribution in [0.2, 0.25) is 0 Å². The molecule has 0 aliphatic rings. The van der Waals surface area contributed by atoms with E-state index in [4.69, 9.17) is 5.73 Å². The molecule has 84 valence electrons. The molecule has 0 aromatic carbocycles. The highest BCUT2D eigenvalue weighted by atomic mass is 16.2. The molecule has 0 aliphatic carbocycles. The van der Waals surface area contributed by atoms with Crippen LogP contribution in [0.15, 0.2) is 0 Å². The van der Waals surface area contributed by atoms with Crippen LogP contribution in [-0.2, 0) is 4.79 Å². The molecule has 1 amide bonds. The smallest absolute Gasteiger partial charge is 0.239 e. The van der Waals surface area contributed by atoms with Gasteiger partial charge in [-0.2, -0.15) is 0 Å². The Balaban J connectivity index is 3.85. The number of hydrogen-bond acceptors (Lipinski definition) is 3. The SMILES string of the molecule is CCN(CCCN(C)C)C(=O)C(C)N. The molecule has 0 bridgehead atoms. The van der Waals surface area contributed by atoms with Gasteiger partial charge in [0.05, 0.1) is 6.04 Å². The van der Waals surface area contributed by atoms with Gasteiger partial charge in [0.25, 0.3) is 0 Å². The van der Waals surface area contributed by atoms with Gasteiger partial charge in [-0.3, -0.25) is 4.79 Å². The topological polar surface area (TPSA) is 49.6 Å². The van der Waals surface area contributed by atoms with Gasteiger partial charge in [0.2, 0.25) is 5.91 Å². The lowest BCUT2D eigenvalue weighted by Gasteiger charge is -2.23. The van der Waals surface area contributed by atoms with Gasteiger partial charge in [0.1, 0.15) is 0 Å². The summed E-state index contributed by atoms with van der Waals surface area (Å²) in [5.74, 6) is 0.0475. The second-order valence-corrected chi connectivity index (χ2v) is 3.86. The zero-order chi connectivity index (χ0) is 11.1. The number of rotatable bonds is 6. The van der Waals surface area contributed by atoms with E-state index < -0.39 is 0 Å². The lowest BCUT2D eigenvalue weighted by Crippen LogP contribution is -2.42. The van der Waals surface area contributed by atoms with E-state index in [0.29, 0.717) is 0 Å². The quantitative estimate of drug-likeness (QED) is 0.665. The highest BCUT2D eigenvalue weighted by Crippen LogP contribution is 1.96. The van der Waals surface area contributed by atoms with Crippen molar-refractivity contribution < 1.29 is 4.79 Å². The molecule has 1 atom stereocenters. The fourth-order valence-corrected chi connectivity index (χ4v) is 1.29. The van der Waals surface area contributed by atoms with Crippen LogP contribution in [0.25, 0.3) is 0 Å². The lowest BCUT2D eigenvalue weighted by molar-refractivity contribution is -0.132. The molecule has 4 nitrogen and oxygen atoms in total. The average molecular weight is 201 g/mol. The van der Waals surface area contributed by atoms with Gasteiger partial charge < -0.3 is 15.5 Å². The molecule has 0 aromatic heterocycles. The Morgan fingerprint density at radius 1 is 1.36 bits per heavy atom. The first-order valence-electron chi connectivity index (χ1n) is 5.18. The third-order valence-electron chi connectivity index (χ3n) is 2.12. The number of hydrogen-bond donors (Lipinski definition) is 1. The Bertz CT molecular complexity index is 169. The second-order valence-electron chi connectivity index (χ2n) is 3.86. The summed E-state index contributed by atoms with van der Waals surface area (Å²) in [5.41, 5.74) is 5.54. The summed E-state index contributed by atoms with van der Waals surface area (Å²) in [6.07, 6.45) is 0.999. The van der Waals surface area contributed by atoms with Crippen molar-refractivity contribution >= 4 is 5.91 Å². The van der Waals surface area contributed by atoms with Gasteiger partial charge in [-0.1, -0.05) is 0 Å². The molecule has 0 aliphatic heterocycles. The van der Waals surface area contributed by atoms with Crippen LogP contribution < -0.4 is 5.73 Å². The summed E-state index contributed by atoms with van der Waals surface area (Å²) >= 11 is 0. The van der Waals surface area contributed by atoms with Crippen LogP contribution >= 0.6 is 0 Å². The van der Waals surface area contributed by atoms with Crippen molar-refractivity contribution in [2.24, 2.45) is 5.73 Å². The Hall–Kier alpha value is -0.610. The largest absolute Gasteiger partial charge is 0.342 e. The maximum absolute atomic E-state index is 11.5. The van der Waals surface area contributed by atoms with Crippen molar-refractivity contribution in [2.45, 2.75) is 26.3 Å². The number of nitrogens with two attached hydrogens (primary N) is 1. The molecule has 0 spiro atoms. The maximum atomic E-state index is 11.5. The number of nitrogens with zero attached hydrogens (tertiary/aromatic N) is 2. The van der Waals surface area contributed by atoms with Crippen LogP contribution in [0, 0.1) is 0 Å². The van der Waals surface area contributed by atoms with Crippen molar-refractivity contribution in [2.75, 3.05) is 33.7 Å². The van der Waals surface area contributed by atoms with Gasteiger partial charge in [0, 0.05) is 13.1 Å². The Labute approximate surface area is 87.0 Å². The first kappa shape index (κ1) is 13.4. The monoisotopic (exact) mass is 201 g/mol. The molecule has 2 N–H and O–H groups in total. The average Bonchev–Trinajstić information content (AvgIpc) is 2.10. The zero-order valence-electron chi connectivity index (χ0n) is 9.79. The number of carbonyl (C=O) groups excluding carboxylic acids is 1. The van der Waals surface area contributed by atoms with Crippen LogP contribution in [0.5, 0.6) is 0 Å². The minimum absolute atomic E-state index is 0.0475. The van der Waals surface area contributed by atoms with E-state index in [0.717, 1.165) is 26.1 Å². The summed E-state index contributed by atoms with van der Waals surface area (Å²) in [7, 11) is 4.06. The third-order valence-corrected chi connectivity index (χ3v) is 2.12. The Kier molecular flexibility index (Phi) is 6.49. The molecule has 0 rings (SSSR count). The van der Waals surface area contributed by atoms with E-state index in [2.05, 4.69) is 4.90 Å². The zero-order valence-corrected chi connectivity index (χ0v) is 9.79. The van der Waals surface area contributed by atoms with Crippen LogP contribution in [0.1, 0.15) is 20.3 Å². The van der Waals surface area contributed by atoms with E-state index in [1.165, 1.54) is 0 Å². The van der Waals surface area contributed by atoms with Crippen molar-refractivity contribution in [3.8, 4) is 0 Å². The molecule has 0 saturated heterocycles. The molecule has 0 heterocycles. The first-order chi connectivity index (χ1) is 6.49. The minimum atomic E-state index is -0.380. The summed E-state index contributed by atoms with van der Waals surface area (Å²) in [6, 6.07) is -0.380. The van der Waals surface area contributed by atoms with E-state index in [1.54, 1.807) is 6.92 Å². The van der Waals surface area contributed by atoms with Gasteiger partial charge in [0.15, 0.2) is 0 Å². The highest BCUT2D eigenvalue weighted by Gasteiger charge is 2.14. The normalized spacial score (nSPS) is 13.0.